The molecule has 0 saturated heterocycles. The lowest BCUT2D eigenvalue weighted by molar-refractivity contribution is 2.14. The molecule has 0 N–H and O–H groups in total. The van der Waals surface area contributed by atoms with Crippen molar-refractivity contribution in [3.8, 4) is 0 Å². The summed E-state index contributed by atoms with van der Waals surface area (Å²) in [6, 6.07) is 0. The van der Waals surface area contributed by atoms with Gasteiger partial charge >= 0.3 is 0 Å². The van der Waals surface area contributed by atoms with Crippen LogP contribution >= 0.6 is 71.8 Å². The molecule has 0 aromatic carbocycles. The Balaban J connectivity index is 2.66. The van der Waals surface area contributed by atoms with Crippen LogP contribution in [-0.4, -0.2) is 0 Å². The molecule has 0 atom stereocenters. The van der Waals surface area contributed by atoms with Crippen molar-refractivity contribution in [1.82, 2.24) is 0 Å². The average molecular weight is 272 g/mol. The van der Waals surface area contributed by atoms with E-state index in [1.54, 1.807) is 39.3 Å². The van der Waals surface area contributed by atoms with E-state index >= 15 is 0 Å². The van der Waals surface area contributed by atoms with Gasteiger partial charge in [-0.2, -0.15) is 0 Å². The summed E-state index contributed by atoms with van der Waals surface area (Å²) >= 11 is 8.28. The molecule has 0 aliphatic carbocycles. The minimum absolute atomic E-state index is 1.31. The fourth-order valence-electron chi connectivity index (χ4n) is 0.0599. The van der Waals surface area contributed by atoms with Crippen molar-refractivity contribution in [1.29, 1.82) is 0 Å². The van der Waals surface area contributed by atoms with Gasteiger partial charge in [0.25, 0.3) is 0 Å². The summed E-state index contributed by atoms with van der Waals surface area (Å²) < 4.78 is 3.43. The topological polar surface area (TPSA) is 12.4 Å². The van der Waals surface area contributed by atoms with Crippen LogP contribution in [0.3, 0.4) is 0 Å². The number of hydrogen-bond acceptors (Lipinski definition) is 9. The van der Waals surface area contributed by atoms with E-state index in [1.807, 2.05) is 0 Å². The van der Waals surface area contributed by atoms with Crippen LogP contribution in [0.4, 0.5) is 0 Å². The zero-order valence-electron chi connectivity index (χ0n) is 3.75. The zero-order valence-corrected chi connectivity index (χ0v) is 10.4. The summed E-state index contributed by atoms with van der Waals surface area (Å²) in [6.07, 6.45) is 0. The normalized spacial score (nSPS) is 9.44. The molecule has 0 heterocycles. The highest BCUT2D eigenvalue weighted by Crippen LogP contribution is 2.53. The smallest absolute Gasteiger partial charge is 0.0706 e. The second-order valence-electron chi connectivity index (χ2n) is 0.496. The van der Waals surface area contributed by atoms with Crippen LogP contribution in [0.2, 0.25) is 0 Å². The number of rotatable bonds is 6. The highest BCUT2D eigenvalue weighted by molar-refractivity contribution is 9.45. The Kier molecular flexibility index (Phi) is 13.3. The van der Waals surface area contributed by atoms with Gasteiger partial charge in [0.05, 0.1) is 23.4 Å². The molecule has 9 heavy (non-hydrogen) atoms. The predicted octanol–water partition coefficient (Wildman–Crippen LogP) is 4.45. The van der Waals surface area contributed by atoms with Crippen LogP contribution in [0.1, 0.15) is 0 Å². The maximum atomic E-state index is 4.35. The minimum Gasteiger partial charge on any atom is -0.135 e. The highest BCUT2D eigenvalue weighted by atomic mass is 33.9. The van der Waals surface area contributed by atoms with Crippen molar-refractivity contribution in [2.75, 3.05) is 0 Å². The van der Waals surface area contributed by atoms with Gasteiger partial charge in [0.2, 0.25) is 0 Å². The summed E-state index contributed by atoms with van der Waals surface area (Å²) in [5, 5.41) is 0. The van der Waals surface area contributed by atoms with E-state index in [0.717, 1.165) is 0 Å². The van der Waals surface area contributed by atoms with E-state index in [1.165, 1.54) is 20.8 Å². The van der Waals surface area contributed by atoms with E-state index < -0.39 is 0 Å². The second kappa shape index (κ2) is 10.5. The molecule has 0 rings (SSSR count). The monoisotopic (exact) mass is 271 g/mol. The molecule has 0 bridgehead atoms. The standard InChI is InChI=1S/HNS8/c2-1-4-6-8-9-7-5-3/h3H. The molecule has 0 amide bonds. The third kappa shape index (κ3) is 10.5. The van der Waals surface area contributed by atoms with E-state index in [-0.39, 0.29) is 0 Å². The first kappa shape index (κ1) is 11.5. The summed E-state index contributed by atoms with van der Waals surface area (Å²) in [5.74, 6) is 0. The maximum absolute atomic E-state index is 4.35. The SMILES string of the molecule is S=NSSSSSSS. The Hall–Kier alpha value is 2.47. The molecular formula is HNS8. The Morgan fingerprint density at radius 2 is 1.78 bits per heavy atom. The third-order valence-electron chi connectivity index (χ3n) is 0.175. The van der Waals surface area contributed by atoms with Crippen LogP contribution < -0.4 is 0 Å². The quantitative estimate of drug-likeness (QED) is 0.327. The predicted molar refractivity (Wildman–Crippen MR) is 64.3 cm³/mol. The Bertz CT molecular complexity index is 59.6. The average Bonchev–Trinajstić information content (AvgIpc) is 1.89. The largest absolute Gasteiger partial charge is 0.135 e. The van der Waals surface area contributed by atoms with Crippen LogP contribution in [0.5, 0.6) is 0 Å². The molecule has 0 fully saturated rings. The van der Waals surface area contributed by atoms with E-state index in [4.69, 9.17) is 0 Å². The molecule has 54 valence electrons. The van der Waals surface area contributed by atoms with Crippen molar-refractivity contribution >= 4 is 84.2 Å². The molecule has 0 spiro atoms. The molecule has 0 aromatic rings. The Morgan fingerprint density at radius 3 is 2.33 bits per heavy atom. The van der Waals surface area contributed by atoms with Gasteiger partial charge in [0, 0.05) is 19.7 Å². The van der Waals surface area contributed by atoms with Crippen molar-refractivity contribution in [2.45, 2.75) is 0 Å². The van der Waals surface area contributed by atoms with Gasteiger partial charge < -0.3 is 0 Å². The molecule has 0 aliphatic rings. The van der Waals surface area contributed by atoms with Gasteiger partial charge in [0.1, 0.15) is 0 Å². The molecule has 0 radical (unpaired) electrons. The van der Waals surface area contributed by atoms with Crippen LogP contribution in [0.15, 0.2) is 3.77 Å². The van der Waals surface area contributed by atoms with Crippen LogP contribution in [0.25, 0.3) is 0 Å². The van der Waals surface area contributed by atoms with Crippen LogP contribution in [0, 0.1) is 0 Å². The van der Waals surface area contributed by atoms with Gasteiger partial charge in [-0.15, -0.1) is 3.77 Å². The highest BCUT2D eigenvalue weighted by Gasteiger charge is 1.89. The first-order chi connectivity index (χ1) is 4.41. The molecule has 0 saturated carbocycles. The number of nitrogens with zero attached hydrogens (tertiary/aromatic N) is 1. The molecule has 0 aliphatic heterocycles. The molecular weight excluding hydrogens is 271 g/mol. The molecule has 0 aromatic heterocycles. The summed E-state index contributed by atoms with van der Waals surface area (Å²) in [6.45, 7) is 0. The molecule has 1 nitrogen and oxygen atoms in total. The van der Waals surface area contributed by atoms with E-state index in [9.17, 15) is 0 Å². The Labute approximate surface area is 86.9 Å². The zero-order chi connectivity index (χ0) is 6.95. The lowest BCUT2D eigenvalue weighted by Gasteiger charge is -1.89. The van der Waals surface area contributed by atoms with Crippen molar-refractivity contribution < 1.29 is 0 Å². The van der Waals surface area contributed by atoms with Gasteiger partial charge in [-0.05, 0) is 29.5 Å². The first-order valence-electron chi connectivity index (χ1n) is 1.38. The van der Waals surface area contributed by atoms with Gasteiger partial charge in [0.15, 0.2) is 0 Å². The second-order valence-corrected chi connectivity index (χ2v) is 10.7. The van der Waals surface area contributed by atoms with Crippen LogP contribution in [-0.2, 0) is 12.4 Å². The molecule has 0 unspecified atom stereocenters. The molecule has 9 heteroatoms. The van der Waals surface area contributed by atoms with Crippen molar-refractivity contribution in [2.24, 2.45) is 3.77 Å². The summed E-state index contributed by atoms with van der Waals surface area (Å²) in [7, 11) is 9.18. The number of hydrogen-bond donors (Lipinski definition) is 1. The third-order valence-corrected chi connectivity index (χ3v) is 10.9. The van der Waals surface area contributed by atoms with Gasteiger partial charge in [-0.25, -0.2) is 0 Å². The minimum atomic E-state index is 1.31. The van der Waals surface area contributed by atoms with Gasteiger partial charge in [-0.3, -0.25) is 0 Å². The fourth-order valence-corrected chi connectivity index (χ4v) is 10.5. The van der Waals surface area contributed by atoms with Crippen molar-refractivity contribution in [3.63, 3.8) is 0 Å². The van der Waals surface area contributed by atoms with E-state index in [0.29, 0.717) is 0 Å². The maximum Gasteiger partial charge on any atom is 0.0706 e. The lowest BCUT2D eigenvalue weighted by Crippen LogP contribution is -1.29. The van der Waals surface area contributed by atoms with E-state index in [2.05, 4.69) is 27.9 Å². The number of thiol groups is 1. The summed E-state index contributed by atoms with van der Waals surface area (Å²) in [5.41, 5.74) is 0. The van der Waals surface area contributed by atoms with Gasteiger partial charge in [-0.1, -0.05) is 11.7 Å². The lowest BCUT2D eigenvalue weighted by atomic mass is 13.9. The van der Waals surface area contributed by atoms with Crippen molar-refractivity contribution in [3.05, 3.63) is 0 Å². The summed E-state index contributed by atoms with van der Waals surface area (Å²) in [4.78, 5) is 0. The fraction of sp³-hybridized carbons (Fsp3) is 0. The Morgan fingerprint density at radius 1 is 1.11 bits per heavy atom. The first-order valence-corrected chi connectivity index (χ1v) is 10.2.